The SMILES string of the molecule is O=C(C(O)c1cccc(-c2cccc(C(F)(F)F)c2Cl)c1)N1CCc2nc(C3(c4ccccc4)CC3)[nH]c(=O)c2C1. The Balaban J connectivity index is 1.23. The number of aliphatic hydroxyl groups is 1. The second-order valence-electron chi connectivity index (χ2n) is 10.5. The Hall–Kier alpha value is -3.95. The highest BCUT2D eigenvalue weighted by Crippen LogP contribution is 2.52. The molecule has 6 rings (SSSR count). The lowest BCUT2D eigenvalue weighted by molar-refractivity contribution is -0.141. The lowest BCUT2D eigenvalue weighted by Crippen LogP contribution is -2.42. The maximum absolute atomic E-state index is 13.4. The maximum atomic E-state index is 13.4. The average Bonchev–Trinajstić information content (AvgIpc) is 3.79. The average molecular weight is 580 g/mol. The predicted octanol–water partition coefficient (Wildman–Crippen LogP) is 5.81. The second-order valence-corrected chi connectivity index (χ2v) is 10.9. The largest absolute Gasteiger partial charge is 0.417 e. The van der Waals surface area contributed by atoms with Gasteiger partial charge >= 0.3 is 6.18 Å². The van der Waals surface area contributed by atoms with Gasteiger partial charge < -0.3 is 15.0 Å². The fraction of sp³-hybridized carbons (Fsp3) is 0.258. The number of nitrogens with zero attached hydrogens (tertiary/aromatic N) is 2. The molecule has 1 saturated carbocycles. The highest BCUT2D eigenvalue weighted by molar-refractivity contribution is 6.34. The zero-order chi connectivity index (χ0) is 28.9. The molecule has 1 fully saturated rings. The number of aromatic nitrogens is 2. The highest BCUT2D eigenvalue weighted by Gasteiger charge is 2.48. The van der Waals surface area contributed by atoms with Gasteiger partial charge in [-0.05, 0) is 41.7 Å². The number of aromatic amines is 1. The summed E-state index contributed by atoms with van der Waals surface area (Å²) in [6, 6.07) is 19.6. The van der Waals surface area contributed by atoms with E-state index in [1.807, 2.05) is 30.3 Å². The Bertz CT molecular complexity index is 1700. The first-order chi connectivity index (χ1) is 19.6. The quantitative estimate of drug-likeness (QED) is 0.313. The summed E-state index contributed by atoms with van der Waals surface area (Å²) in [5, 5.41) is 10.5. The summed E-state index contributed by atoms with van der Waals surface area (Å²) >= 11 is 6.09. The number of benzene rings is 3. The van der Waals surface area contributed by atoms with E-state index in [9.17, 15) is 27.9 Å². The van der Waals surface area contributed by atoms with Gasteiger partial charge in [-0.15, -0.1) is 0 Å². The van der Waals surface area contributed by atoms with E-state index in [2.05, 4.69) is 4.98 Å². The van der Waals surface area contributed by atoms with Gasteiger partial charge in [-0.1, -0.05) is 72.3 Å². The third-order valence-electron chi connectivity index (χ3n) is 7.96. The molecule has 41 heavy (non-hydrogen) atoms. The maximum Gasteiger partial charge on any atom is 0.417 e. The lowest BCUT2D eigenvalue weighted by Gasteiger charge is -2.30. The lowest BCUT2D eigenvalue weighted by atomic mass is 9.94. The fourth-order valence-corrected chi connectivity index (χ4v) is 5.89. The van der Waals surface area contributed by atoms with Crippen LogP contribution in [0.1, 0.15) is 52.7 Å². The summed E-state index contributed by atoms with van der Waals surface area (Å²) in [6.07, 6.45) is -4.07. The molecule has 2 N–H and O–H groups in total. The van der Waals surface area contributed by atoms with E-state index in [-0.39, 0.29) is 35.2 Å². The van der Waals surface area contributed by atoms with Crippen LogP contribution in [0.25, 0.3) is 11.1 Å². The van der Waals surface area contributed by atoms with Gasteiger partial charge in [-0.2, -0.15) is 13.2 Å². The number of amides is 1. The van der Waals surface area contributed by atoms with E-state index in [4.69, 9.17) is 16.6 Å². The number of nitrogens with one attached hydrogen (secondary N) is 1. The minimum atomic E-state index is -4.63. The number of hydrogen-bond donors (Lipinski definition) is 2. The highest BCUT2D eigenvalue weighted by atomic mass is 35.5. The zero-order valence-electron chi connectivity index (χ0n) is 21.7. The third-order valence-corrected chi connectivity index (χ3v) is 8.37. The van der Waals surface area contributed by atoms with Crippen LogP contribution in [0.4, 0.5) is 13.2 Å². The zero-order valence-corrected chi connectivity index (χ0v) is 22.5. The summed E-state index contributed by atoms with van der Waals surface area (Å²) in [7, 11) is 0. The van der Waals surface area contributed by atoms with Crippen LogP contribution in [0.15, 0.2) is 77.6 Å². The number of halogens is 4. The standard InChI is InChI=1S/C31H25ClF3N3O3/c32-25-21(10-5-11-23(25)31(33,34)35)18-6-4-7-19(16-18)26(39)28(41)38-15-12-24-22(17-38)27(40)37-29(36-24)30(13-14-30)20-8-2-1-3-9-20/h1-11,16,26,39H,12-15,17H2,(H,36,37,40). The molecule has 0 spiro atoms. The summed E-state index contributed by atoms with van der Waals surface area (Å²) in [5.41, 5.74) is 1.22. The molecule has 1 unspecified atom stereocenters. The molecule has 1 amide bonds. The van der Waals surface area contributed by atoms with Crippen molar-refractivity contribution in [2.24, 2.45) is 0 Å². The number of carbonyl (C=O) groups excluding carboxylic acids is 1. The monoisotopic (exact) mass is 579 g/mol. The van der Waals surface area contributed by atoms with Crippen LogP contribution in [-0.4, -0.2) is 32.4 Å². The van der Waals surface area contributed by atoms with Crippen LogP contribution >= 0.6 is 11.6 Å². The van der Waals surface area contributed by atoms with Crippen molar-refractivity contribution in [1.29, 1.82) is 0 Å². The molecule has 2 aliphatic rings. The number of H-pyrrole nitrogens is 1. The number of rotatable bonds is 5. The van der Waals surface area contributed by atoms with E-state index >= 15 is 0 Å². The second kappa shape index (κ2) is 10.2. The molecule has 0 bridgehead atoms. The minimum absolute atomic E-state index is 0.00861. The van der Waals surface area contributed by atoms with E-state index in [0.717, 1.165) is 24.5 Å². The van der Waals surface area contributed by atoms with Crippen LogP contribution in [0.5, 0.6) is 0 Å². The van der Waals surface area contributed by atoms with Crippen LogP contribution in [0.3, 0.4) is 0 Å². The molecular formula is C31H25ClF3N3O3. The molecule has 4 aromatic rings. The molecule has 1 aromatic heterocycles. The van der Waals surface area contributed by atoms with Crippen molar-refractivity contribution in [3.05, 3.63) is 122 Å². The van der Waals surface area contributed by atoms with Crippen molar-refractivity contribution in [1.82, 2.24) is 14.9 Å². The van der Waals surface area contributed by atoms with Gasteiger partial charge in [0.2, 0.25) is 0 Å². The first kappa shape index (κ1) is 27.2. The molecule has 6 nitrogen and oxygen atoms in total. The van der Waals surface area contributed by atoms with Crippen molar-refractivity contribution in [3.63, 3.8) is 0 Å². The number of fused-ring (bicyclic) bond motifs is 1. The van der Waals surface area contributed by atoms with Crippen LogP contribution in [0.2, 0.25) is 5.02 Å². The summed E-state index contributed by atoms with van der Waals surface area (Å²) in [5.74, 6) is 0.0201. The van der Waals surface area contributed by atoms with Crippen molar-refractivity contribution >= 4 is 17.5 Å². The molecule has 0 saturated heterocycles. The Morgan fingerprint density at radius 1 is 1.05 bits per heavy atom. The van der Waals surface area contributed by atoms with Crippen molar-refractivity contribution in [2.75, 3.05) is 6.54 Å². The molecule has 3 aromatic carbocycles. The molecule has 2 heterocycles. The van der Waals surface area contributed by atoms with Crippen molar-refractivity contribution < 1.29 is 23.1 Å². The van der Waals surface area contributed by atoms with Gasteiger partial charge in [-0.25, -0.2) is 4.98 Å². The Kier molecular flexibility index (Phi) is 6.74. The van der Waals surface area contributed by atoms with E-state index in [1.54, 1.807) is 12.1 Å². The number of alkyl halides is 3. The van der Waals surface area contributed by atoms with Gasteiger partial charge in [0, 0.05) is 18.5 Å². The third kappa shape index (κ3) is 4.93. The van der Waals surface area contributed by atoms with E-state index in [1.165, 1.54) is 29.2 Å². The molecule has 1 atom stereocenters. The van der Waals surface area contributed by atoms with E-state index < -0.39 is 28.8 Å². The summed E-state index contributed by atoms with van der Waals surface area (Å²) < 4.78 is 40.1. The van der Waals surface area contributed by atoms with E-state index in [0.29, 0.717) is 29.1 Å². The van der Waals surface area contributed by atoms with Gasteiger partial charge in [-0.3, -0.25) is 9.59 Å². The first-order valence-electron chi connectivity index (χ1n) is 13.2. The number of carbonyl (C=O) groups is 1. The van der Waals surface area contributed by atoms with Gasteiger partial charge in [0.25, 0.3) is 11.5 Å². The molecule has 10 heteroatoms. The predicted molar refractivity (Wildman–Crippen MR) is 147 cm³/mol. The van der Waals surface area contributed by atoms with Gasteiger partial charge in [0.05, 0.1) is 33.8 Å². The van der Waals surface area contributed by atoms with Gasteiger partial charge in [0.1, 0.15) is 5.82 Å². The molecular weight excluding hydrogens is 555 g/mol. The van der Waals surface area contributed by atoms with Crippen LogP contribution in [-0.2, 0) is 29.4 Å². The summed E-state index contributed by atoms with van der Waals surface area (Å²) in [6.45, 7) is 0.252. The normalized spacial score (nSPS) is 16.7. The first-order valence-corrected chi connectivity index (χ1v) is 13.6. The van der Waals surface area contributed by atoms with Crippen molar-refractivity contribution in [3.8, 4) is 11.1 Å². The number of aliphatic hydroxyl groups excluding tert-OH is 1. The van der Waals surface area contributed by atoms with Gasteiger partial charge in [0.15, 0.2) is 6.10 Å². The van der Waals surface area contributed by atoms with Crippen LogP contribution in [0, 0.1) is 0 Å². The fourth-order valence-electron chi connectivity index (χ4n) is 5.55. The Morgan fingerprint density at radius 3 is 2.49 bits per heavy atom. The smallest absolute Gasteiger partial charge is 0.378 e. The Morgan fingerprint density at radius 2 is 1.78 bits per heavy atom. The van der Waals surface area contributed by atoms with Crippen LogP contribution < -0.4 is 5.56 Å². The Labute approximate surface area is 238 Å². The molecule has 1 aliphatic heterocycles. The molecule has 0 radical (unpaired) electrons. The molecule has 1 aliphatic carbocycles. The van der Waals surface area contributed by atoms with Crippen molar-refractivity contribution in [2.45, 2.75) is 43.5 Å². The molecule has 210 valence electrons. The minimum Gasteiger partial charge on any atom is -0.378 e. The summed E-state index contributed by atoms with van der Waals surface area (Å²) in [4.78, 5) is 35.6. The number of hydrogen-bond acceptors (Lipinski definition) is 4. The topological polar surface area (TPSA) is 86.3 Å².